The molecule has 96 valence electrons. The fourth-order valence-corrected chi connectivity index (χ4v) is 2.84. The second-order valence-corrected chi connectivity index (χ2v) is 5.51. The molecule has 0 aromatic rings. The highest BCUT2D eigenvalue weighted by molar-refractivity contribution is 4.84. The Hall–Kier alpha value is -0.120. The van der Waals surface area contributed by atoms with E-state index in [1.54, 1.807) is 0 Å². The van der Waals surface area contributed by atoms with Gasteiger partial charge >= 0.3 is 0 Å². The number of piperidine rings is 1. The van der Waals surface area contributed by atoms with E-state index in [0.29, 0.717) is 12.1 Å². The number of nitrogens with zero attached hydrogens (tertiary/aromatic N) is 1. The molecule has 1 aliphatic rings. The molecule has 0 aromatic carbocycles. The molecule has 0 saturated carbocycles. The summed E-state index contributed by atoms with van der Waals surface area (Å²) in [5.41, 5.74) is 0. The Bertz CT molecular complexity index is 198. The van der Waals surface area contributed by atoms with E-state index >= 15 is 0 Å². The van der Waals surface area contributed by atoms with Crippen LogP contribution < -0.4 is 5.32 Å². The highest BCUT2D eigenvalue weighted by Crippen LogP contribution is 2.26. The van der Waals surface area contributed by atoms with Gasteiger partial charge in [0.2, 0.25) is 0 Å². The lowest BCUT2D eigenvalue weighted by Crippen LogP contribution is -2.50. The molecule has 0 amide bonds. The van der Waals surface area contributed by atoms with Gasteiger partial charge in [-0.1, -0.05) is 13.8 Å². The number of nitrogens with one attached hydrogen (secondary N) is 1. The SMILES string of the molecule is CNC(CCO)CN1CC(C)CC(C)C1C. The van der Waals surface area contributed by atoms with E-state index in [1.807, 2.05) is 7.05 Å². The van der Waals surface area contributed by atoms with Gasteiger partial charge in [-0.05, 0) is 38.6 Å². The Balaban J connectivity index is 2.49. The first-order chi connectivity index (χ1) is 7.58. The van der Waals surface area contributed by atoms with Crippen molar-refractivity contribution in [2.45, 2.75) is 45.7 Å². The minimum atomic E-state index is 0.277. The predicted octanol–water partition coefficient (Wildman–Crippen LogP) is 1.32. The number of rotatable bonds is 5. The van der Waals surface area contributed by atoms with Gasteiger partial charge < -0.3 is 10.4 Å². The van der Waals surface area contributed by atoms with Crippen molar-refractivity contribution in [3.8, 4) is 0 Å². The Morgan fingerprint density at radius 3 is 2.62 bits per heavy atom. The lowest BCUT2D eigenvalue weighted by atomic mass is 9.85. The van der Waals surface area contributed by atoms with Crippen LogP contribution >= 0.6 is 0 Å². The van der Waals surface area contributed by atoms with Gasteiger partial charge in [0.15, 0.2) is 0 Å². The van der Waals surface area contributed by atoms with Crippen LogP contribution in [0.25, 0.3) is 0 Å². The fourth-order valence-electron chi connectivity index (χ4n) is 2.84. The average molecular weight is 228 g/mol. The van der Waals surface area contributed by atoms with Crippen LogP contribution in [0, 0.1) is 11.8 Å². The van der Waals surface area contributed by atoms with Crippen LogP contribution in [0.15, 0.2) is 0 Å². The normalized spacial score (nSPS) is 33.9. The van der Waals surface area contributed by atoms with Crippen molar-refractivity contribution in [2.75, 3.05) is 26.7 Å². The summed E-state index contributed by atoms with van der Waals surface area (Å²) >= 11 is 0. The van der Waals surface area contributed by atoms with Gasteiger partial charge in [0.1, 0.15) is 0 Å². The Morgan fingerprint density at radius 1 is 1.38 bits per heavy atom. The molecule has 0 spiro atoms. The third kappa shape index (κ3) is 3.72. The molecule has 2 N–H and O–H groups in total. The van der Waals surface area contributed by atoms with Crippen molar-refractivity contribution in [2.24, 2.45) is 11.8 Å². The molecule has 4 atom stereocenters. The minimum absolute atomic E-state index is 0.277. The summed E-state index contributed by atoms with van der Waals surface area (Å²) in [4.78, 5) is 2.58. The van der Waals surface area contributed by atoms with Crippen LogP contribution in [0.4, 0.5) is 0 Å². The molecule has 1 saturated heterocycles. The van der Waals surface area contributed by atoms with Crippen molar-refractivity contribution in [1.29, 1.82) is 0 Å². The van der Waals surface area contributed by atoms with Gasteiger partial charge in [0.05, 0.1) is 0 Å². The second-order valence-electron chi connectivity index (χ2n) is 5.51. The van der Waals surface area contributed by atoms with Crippen molar-refractivity contribution in [3.05, 3.63) is 0 Å². The lowest BCUT2D eigenvalue weighted by molar-refractivity contribution is 0.0678. The molecule has 1 rings (SSSR count). The highest BCUT2D eigenvalue weighted by atomic mass is 16.3. The van der Waals surface area contributed by atoms with E-state index in [9.17, 15) is 0 Å². The fraction of sp³-hybridized carbons (Fsp3) is 1.00. The number of likely N-dealkylation sites (N-methyl/N-ethyl adjacent to an activating group) is 1. The third-order valence-electron chi connectivity index (χ3n) is 4.06. The summed E-state index contributed by atoms with van der Waals surface area (Å²) in [6.45, 7) is 9.58. The van der Waals surface area contributed by atoms with E-state index in [4.69, 9.17) is 5.11 Å². The summed E-state index contributed by atoms with van der Waals surface area (Å²) in [6.07, 6.45) is 2.20. The number of hydrogen-bond acceptors (Lipinski definition) is 3. The molecule has 0 radical (unpaired) electrons. The van der Waals surface area contributed by atoms with Crippen molar-refractivity contribution >= 4 is 0 Å². The topological polar surface area (TPSA) is 35.5 Å². The Labute approximate surface area is 100 Å². The van der Waals surface area contributed by atoms with Gasteiger partial charge in [-0.3, -0.25) is 4.90 Å². The van der Waals surface area contributed by atoms with Crippen LogP contribution in [-0.4, -0.2) is 48.8 Å². The molecule has 1 heterocycles. The third-order valence-corrected chi connectivity index (χ3v) is 4.06. The summed E-state index contributed by atoms with van der Waals surface area (Å²) < 4.78 is 0. The van der Waals surface area contributed by atoms with Crippen molar-refractivity contribution < 1.29 is 5.11 Å². The molecule has 3 heteroatoms. The van der Waals surface area contributed by atoms with Crippen LogP contribution in [0.3, 0.4) is 0 Å². The van der Waals surface area contributed by atoms with E-state index in [2.05, 4.69) is 31.0 Å². The maximum absolute atomic E-state index is 9.01. The summed E-state index contributed by atoms with van der Waals surface area (Å²) in [6, 6.07) is 1.09. The predicted molar refractivity (Wildman–Crippen MR) is 68.5 cm³/mol. The largest absolute Gasteiger partial charge is 0.396 e. The number of aliphatic hydroxyl groups excluding tert-OH is 1. The van der Waals surface area contributed by atoms with Crippen LogP contribution in [0.2, 0.25) is 0 Å². The van der Waals surface area contributed by atoms with Gasteiger partial charge in [-0.25, -0.2) is 0 Å². The zero-order valence-electron chi connectivity index (χ0n) is 11.2. The number of likely N-dealkylation sites (tertiary alicyclic amines) is 1. The van der Waals surface area contributed by atoms with E-state index in [-0.39, 0.29) is 6.61 Å². The van der Waals surface area contributed by atoms with Gasteiger partial charge in [-0.2, -0.15) is 0 Å². The van der Waals surface area contributed by atoms with Crippen molar-refractivity contribution in [3.63, 3.8) is 0 Å². The smallest absolute Gasteiger partial charge is 0.0446 e. The monoisotopic (exact) mass is 228 g/mol. The number of aliphatic hydroxyl groups is 1. The molecule has 1 fully saturated rings. The second kappa shape index (κ2) is 6.58. The Kier molecular flexibility index (Phi) is 5.73. The number of hydrogen-bond donors (Lipinski definition) is 2. The minimum Gasteiger partial charge on any atom is -0.396 e. The molecule has 4 unspecified atom stereocenters. The molecule has 1 aliphatic heterocycles. The maximum Gasteiger partial charge on any atom is 0.0446 e. The molecule has 3 nitrogen and oxygen atoms in total. The van der Waals surface area contributed by atoms with E-state index in [1.165, 1.54) is 13.0 Å². The first-order valence-corrected chi connectivity index (χ1v) is 6.60. The van der Waals surface area contributed by atoms with E-state index in [0.717, 1.165) is 24.8 Å². The summed E-state index contributed by atoms with van der Waals surface area (Å²) in [5.74, 6) is 1.59. The summed E-state index contributed by atoms with van der Waals surface area (Å²) in [5, 5.41) is 12.3. The quantitative estimate of drug-likeness (QED) is 0.745. The molecule has 0 aliphatic carbocycles. The van der Waals surface area contributed by atoms with E-state index < -0.39 is 0 Å². The zero-order valence-corrected chi connectivity index (χ0v) is 11.2. The average Bonchev–Trinajstić information content (AvgIpc) is 2.24. The zero-order chi connectivity index (χ0) is 12.1. The summed E-state index contributed by atoms with van der Waals surface area (Å²) in [7, 11) is 1.99. The molecule has 16 heavy (non-hydrogen) atoms. The molecular weight excluding hydrogens is 200 g/mol. The van der Waals surface area contributed by atoms with Crippen LogP contribution in [-0.2, 0) is 0 Å². The maximum atomic E-state index is 9.01. The molecule has 0 aromatic heterocycles. The lowest BCUT2D eigenvalue weighted by Gasteiger charge is -2.42. The van der Waals surface area contributed by atoms with Crippen LogP contribution in [0.5, 0.6) is 0 Å². The van der Waals surface area contributed by atoms with Gasteiger partial charge in [0.25, 0.3) is 0 Å². The Morgan fingerprint density at radius 2 is 2.06 bits per heavy atom. The first-order valence-electron chi connectivity index (χ1n) is 6.60. The van der Waals surface area contributed by atoms with Gasteiger partial charge in [-0.15, -0.1) is 0 Å². The van der Waals surface area contributed by atoms with Gasteiger partial charge in [0, 0.05) is 31.8 Å². The molecule has 0 bridgehead atoms. The first kappa shape index (κ1) is 13.9. The highest BCUT2D eigenvalue weighted by Gasteiger charge is 2.29. The van der Waals surface area contributed by atoms with Crippen molar-refractivity contribution in [1.82, 2.24) is 10.2 Å². The van der Waals surface area contributed by atoms with Crippen LogP contribution in [0.1, 0.15) is 33.6 Å². The molecular formula is C13H28N2O. The standard InChI is InChI=1S/C13H28N2O/c1-10-7-11(2)12(3)15(8-10)9-13(14-4)5-6-16/h10-14,16H,5-9H2,1-4H3.